The quantitative estimate of drug-likeness (QED) is 0.751. The first-order valence-corrected chi connectivity index (χ1v) is 6.80. The Morgan fingerprint density at radius 3 is 1.70 bits per heavy atom. The van der Waals surface area contributed by atoms with Crippen LogP contribution in [0.1, 0.15) is 30.5 Å². The molecule has 2 aromatic carbocycles. The molecule has 3 heteroatoms. The third-order valence-electron chi connectivity index (χ3n) is 3.28. The van der Waals surface area contributed by atoms with Gasteiger partial charge in [-0.25, -0.2) is 0 Å². The molecule has 0 atom stereocenters. The first kappa shape index (κ1) is 14.5. The molecule has 0 aromatic heterocycles. The zero-order chi connectivity index (χ0) is 14.6. The summed E-state index contributed by atoms with van der Waals surface area (Å²) in [5.74, 6) is 0.173. The summed E-state index contributed by atoms with van der Waals surface area (Å²) in [6, 6.07) is 13.0. The lowest BCUT2D eigenvalue weighted by atomic mass is 10.1. The summed E-state index contributed by atoms with van der Waals surface area (Å²) in [6.45, 7) is 4.00. The summed E-state index contributed by atoms with van der Waals surface area (Å²) >= 11 is 0. The van der Waals surface area contributed by atoms with Crippen LogP contribution in [0.3, 0.4) is 0 Å². The van der Waals surface area contributed by atoms with Crippen molar-refractivity contribution in [1.29, 1.82) is 0 Å². The summed E-state index contributed by atoms with van der Waals surface area (Å²) in [7, 11) is 0. The summed E-state index contributed by atoms with van der Waals surface area (Å²) < 4.78 is 32.9. The molecule has 0 aliphatic carbocycles. The Balaban J connectivity index is 2.15. The second-order valence-corrected chi connectivity index (χ2v) is 4.67. The van der Waals surface area contributed by atoms with E-state index in [2.05, 4.69) is 0 Å². The van der Waals surface area contributed by atoms with E-state index in [9.17, 15) is 8.78 Å². The molecule has 0 N–H and O–H groups in total. The lowest BCUT2D eigenvalue weighted by Crippen LogP contribution is -2.21. The predicted molar refractivity (Wildman–Crippen MR) is 76.2 cm³/mol. The lowest BCUT2D eigenvalue weighted by molar-refractivity contribution is -0.185. The van der Waals surface area contributed by atoms with Crippen LogP contribution in [0, 0.1) is 0 Å². The number of benzene rings is 2. The van der Waals surface area contributed by atoms with Gasteiger partial charge in [-0.1, -0.05) is 38.1 Å². The van der Waals surface area contributed by atoms with Gasteiger partial charge in [-0.15, -0.1) is 0 Å². The molecule has 0 aliphatic heterocycles. The highest BCUT2D eigenvalue weighted by atomic mass is 19.3. The topological polar surface area (TPSA) is 9.23 Å². The third kappa shape index (κ3) is 3.35. The molecule has 106 valence electrons. The minimum Gasteiger partial charge on any atom is -0.429 e. The van der Waals surface area contributed by atoms with E-state index in [0.717, 1.165) is 24.0 Å². The van der Waals surface area contributed by atoms with Gasteiger partial charge in [0.1, 0.15) is 5.75 Å². The Morgan fingerprint density at radius 1 is 0.800 bits per heavy atom. The molecule has 0 fully saturated rings. The van der Waals surface area contributed by atoms with Crippen molar-refractivity contribution in [1.82, 2.24) is 0 Å². The predicted octanol–water partition coefficient (Wildman–Crippen LogP) is 4.94. The van der Waals surface area contributed by atoms with Crippen molar-refractivity contribution in [3.8, 4) is 5.75 Å². The molecule has 20 heavy (non-hydrogen) atoms. The maximum Gasteiger partial charge on any atom is 0.426 e. The summed E-state index contributed by atoms with van der Waals surface area (Å²) in [5, 5.41) is 0. The van der Waals surface area contributed by atoms with Crippen LogP contribution in [0.4, 0.5) is 8.78 Å². The molecule has 0 saturated carbocycles. The number of hydrogen-bond donors (Lipinski definition) is 0. The van der Waals surface area contributed by atoms with Crippen LogP contribution in [0.25, 0.3) is 0 Å². The van der Waals surface area contributed by atoms with Gasteiger partial charge in [0, 0.05) is 0 Å². The van der Waals surface area contributed by atoms with E-state index in [-0.39, 0.29) is 11.3 Å². The summed E-state index contributed by atoms with van der Waals surface area (Å²) in [4.78, 5) is 0. The first-order chi connectivity index (χ1) is 9.55. The van der Waals surface area contributed by atoms with Crippen LogP contribution < -0.4 is 4.74 Å². The molecule has 0 spiro atoms. The van der Waals surface area contributed by atoms with Gasteiger partial charge in [-0.3, -0.25) is 0 Å². The van der Waals surface area contributed by atoms with Crippen LogP contribution in [-0.4, -0.2) is 0 Å². The summed E-state index contributed by atoms with van der Waals surface area (Å²) in [5.41, 5.74) is 1.99. The fourth-order valence-corrected chi connectivity index (χ4v) is 1.93. The molecule has 0 bridgehead atoms. The molecular formula is C17H18F2O. The van der Waals surface area contributed by atoms with Crippen molar-refractivity contribution in [2.75, 3.05) is 0 Å². The summed E-state index contributed by atoms with van der Waals surface area (Å²) in [6.07, 6.45) is -1.62. The maximum atomic E-state index is 14.0. The van der Waals surface area contributed by atoms with Crippen LogP contribution >= 0.6 is 0 Å². The molecule has 0 amide bonds. The Bertz CT molecular complexity index is 544. The smallest absolute Gasteiger partial charge is 0.426 e. The molecule has 1 nitrogen and oxygen atoms in total. The SMILES string of the molecule is CCc1ccc(OC(F)(F)c2ccc(CC)cc2)cc1. The van der Waals surface area contributed by atoms with Gasteiger partial charge in [-0.05, 0) is 48.2 Å². The van der Waals surface area contributed by atoms with E-state index >= 15 is 0 Å². The monoisotopic (exact) mass is 276 g/mol. The Kier molecular flexibility index (Phi) is 4.38. The normalized spacial score (nSPS) is 11.4. The van der Waals surface area contributed by atoms with Crippen LogP contribution in [0.15, 0.2) is 48.5 Å². The van der Waals surface area contributed by atoms with E-state index in [1.165, 1.54) is 12.1 Å². The van der Waals surface area contributed by atoms with Gasteiger partial charge >= 0.3 is 6.11 Å². The fraction of sp³-hybridized carbons (Fsp3) is 0.294. The van der Waals surface area contributed by atoms with Gasteiger partial charge in [0.2, 0.25) is 0 Å². The highest BCUT2D eigenvalue weighted by Gasteiger charge is 2.34. The van der Waals surface area contributed by atoms with E-state index in [0.29, 0.717) is 0 Å². The van der Waals surface area contributed by atoms with Crippen molar-refractivity contribution in [3.05, 3.63) is 65.2 Å². The number of rotatable bonds is 5. The Labute approximate surface area is 118 Å². The molecule has 2 aromatic rings. The van der Waals surface area contributed by atoms with Gasteiger partial charge < -0.3 is 4.74 Å². The number of aryl methyl sites for hydroxylation is 2. The van der Waals surface area contributed by atoms with E-state index in [4.69, 9.17) is 4.74 Å². The van der Waals surface area contributed by atoms with Gasteiger partial charge in [-0.2, -0.15) is 8.78 Å². The van der Waals surface area contributed by atoms with Gasteiger partial charge in [0.05, 0.1) is 5.56 Å². The molecule has 0 aliphatic rings. The van der Waals surface area contributed by atoms with Crippen molar-refractivity contribution < 1.29 is 13.5 Å². The third-order valence-corrected chi connectivity index (χ3v) is 3.28. The fourth-order valence-electron chi connectivity index (χ4n) is 1.93. The molecular weight excluding hydrogens is 258 g/mol. The second-order valence-electron chi connectivity index (χ2n) is 4.67. The number of alkyl halides is 2. The van der Waals surface area contributed by atoms with Crippen molar-refractivity contribution >= 4 is 0 Å². The zero-order valence-corrected chi connectivity index (χ0v) is 11.7. The molecule has 0 saturated heterocycles. The van der Waals surface area contributed by atoms with Crippen molar-refractivity contribution in [2.45, 2.75) is 32.8 Å². The zero-order valence-electron chi connectivity index (χ0n) is 11.7. The van der Waals surface area contributed by atoms with Gasteiger partial charge in [0.25, 0.3) is 0 Å². The van der Waals surface area contributed by atoms with Gasteiger partial charge in [0.15, 0.2) is 0 Å². The lowest BCUT2D eigenvalue weighted by Gasteiger charge is -2.18. The first-order valence-electron chi connectivity index (χ1n) is 6.80. The molecule has 2 rings (SSSR count). The number of ether oxygens (including phenoxy) is 1. The van der Waals surface area contributed by atoms with Crippen LogP contribution in [0.5, 0.6) is 5.75 Å². The van der Waals surface area contributed by atoms with Crippen LogP contribution in [0.2, 0.25) is 0 Å². The van der Waals surface area contributed by atoms with E-state index in [1.54, 1.807) is 36.4 Å². The average molecular weight is 276 g/mol. The van der Waals surface area contributed by atoms with Crippen molar-refractivity contribution in [3.63, 3.8) is 0 Å². The van der Waals surface area contributed by atoms with Crippen molar-refractivity contribution in [2.24, 2.45) is 0 Å². The van der Waals surface area contributed by atoms with E-state index in [1.807, 2.05) is 13.8 Å². The molecule has 0 heterocycles. The van der Waals surface area contributed by atoms with Crippen LogP contribution in [-0.2, 0) is 19.0 Å². The largest absolute Gasteiger partial charge is 0.429 e. The standard InChI is InChI=1S/C17H18F2O/c1-3-13-5-9-15(10-6-13)17(18,19)20-16-11-7-14(4-2)8-12-16/h5-12H,3-4H2,1-2H3. The molecule has 0 unspecified atom stereocenters. The minimum absolute atomic E-state index is 0.130. The highest BCUT2D eigenvalue weighted by Crippen LogP contribution is 2.31. The second kappa shape index (κ2) is 6.04. The van der Waals surface area contributed by atoms with E-state index < -0.39 is 6.11 Å². The minimum atomic E-state index is -3.32. The maximum absolute atomic E-state index is 14.0. The Hall–Kier alpha value is -1.90. The highest BCUT2D eigenvalue weighted by molar-refractivity contribution is 5.30. The number of halogens is 2. The molecule has 0 radical (unpaired) electrons. The number of hydrogen-bond acceptors (Lipinski definition) is 1. The average Bonchev–Trinajstić information content (AvgIpc) is 2.48. The Morgan fingerprint density at radius 2 is 1.25 bits per heavy atom.